The number of halogens is 1. The molecule has 0 atom stereocenters. The Morgan fingerprint density at radius 3 is 2.77 bits per heavy atom. The fraction of sp³-hybridized carbons (Fsp3) is 0. The van der Waals surface area contributed by atoms with Crippen LogP contribution in [0.1, 0.15) is 15.9 Å². The lowest BCUT2D eigenvalue weighted by molar-refractivity contribution is 0.0954. The lowest BCUT2D eigenvalue weighted by atomic mass is 10.1. The Balaban J connectivity index is 1.80. The van der Waals surface area contributed by atoms with Crippen LogP contribution in [0, 0.1) is 0 Å². The number of carbonyl (C=O) groups is 1. The van der Waals surface area contributed by atoms with Crippen molar-refractivity contribution in [2.45, 2.75) is 0 Å². The molecule has 0 saturated carbocycles. The highest BCUT2D eigenvalue weighted by atomic mass is 79.9. The summed E-state index contributed by atoms with van der Waals surface area (Å²) in [6.07, 6.45) is 3.34. The minimum Gasteiger partial charge on any atom is -0.267 e. The first-order valence-electron chi connectivity index (χ1n) is 6.67. The van der Waals surface area contributed by atoms with Crippen LogP contribution in [0.25, 0.3) is 10.9 Å². The molecule has 0 bridgehead atoms. The first-order valence-corrected chi connectivity index (χ1v) is 7.47. The molecule has 22 heavy (non-hydrogen) atoms. The zero-order valence-electron chi connectivity index (χ0n) is 11.5. The number of para-hydroxylation sites is 1. The van der Waals surface area contributed by atoms with Gasteiger partial charge >= 0.3 is 0 Å². The van der Waals surface area contributed by atoms with E-state index in [1.807, 2.05) is 42.5 Å². The van der Waals surface area contributed by atoms with E-state index >= 15 is 0 Å². The number of carbonyl (C=O) groups excluding carboxylic acids is 1. The number of hydrazone groups is 1. The molecule has 3 aromatic rings. The molecule has 2 aromatic carbocycles. The molecule has 0 saturated heterocycles. The van der Waals surface area contributed by atoms with Gasteiger partial charge < -0.3 is 0 Å². The Bertz CT molecular complexity index is 856. The highest BCUT2D eigenvalue weighted by Gasteiger charge is 2.07. The molecule has 0 radical (unpaired) electrons. The van der Waals surface area contributed by atoms with Gasteiger partial charge in [0, 0.05) is 21.6 Å². The molecular formula is C17H12BrN3O. The van der Waals surface area contributed by atoms with E-state index < -0.39 is 0 Å². The molecule has 1 N–H and O–H groups in total. The van der Waals surface area contributed by atoms with Gasteiger partial charge in [-0.15, -0.1) is 0 Å². The lowest BCUT2D eigenvalue weighted by Crippen LogP contribution is -2.18. The average molecular weight is 354 g/mol. The fourth-order valence-corrected chi connectivity index (χ4v) is 2.56. The molecule has 1 heterocycles. The Kier molecular flexibility index (Phi) is 4.25. The lowest BCUT2D eigenvalue weighted by Gasteiger charge is -2.03. The van der Waals surface area contributed by atoms with E-state index in [-0.39, 0.29) is 5.91 Å². The van der Waals surface area contributed by atoms with Crippen LogP contribution in [0.15, 0.2) is 70.4 Å². The smallest absolute Gasteiger partial charge is 0.267 e. The summed E-state index contributed by atoms with van der Waals surface area (Å²) in [5, 5.41) is 5.05. The van der Waals surface area contributed by atoms with E-state index in [1.54, 1.807) is 24.5 Å². The first kappa shape index (κ1) is 14.4. The second-order valence-electron chi connectivity index (χ2n) is 4.60. The van der Waals surface area contributed by atoms with Gasteiger partial charge in [0.1, 0.15) is 0 Å². The van der Waals surface area contributed by atoms with E-state index in [4.69, 9.17) is 0 Å². The minimum absolute atomic E-state index is 0.267. The summed E-state index contributed by atoms with van der Waals surface area (Å²) >= 11 is 3.34. The normalized spacial score (nSPS) is 11.0. The maximum atomic E-state index is 12.0. The Morgan fingerprint density at radius 1 is 1.09 bits per heavy atom. The van der Waals surface area contributed by atoms with E-state index in [0.29, 0.717) is 5.56 Å². The van der Waals surface area contributed by atoms with Gasteiger partial charge in [0.05, 0.1) is 17.3 Å². The molecule has 0 aliphatic heterocycles. The van der Waals surface area contributed by atoms with Crippen molar-refractivity contribution in [2.75, 3.05) is 0 Å². The fourth-order valence-electron chi connectivity index (χ4n) is 2.10. The molecule has 108 valence electrons. The number of pyridine rings is 1. The van der Waals surface area contributed by atoms with Gasteiger partial charge in [-0.2, -0.15) is 5.10 Å². The molecular weight excluding hydrogens is 342 g/mol. The number of nitrogens with zero attached hydrogens (tertiary/aromatic N) is 2. The molecule has 0 unspecified atom stereocenters. The number of hydrogen-bond acceptors (Lipinski definition) is 3. The van der Waals surface area contributed by atoms with Crippen molar-refractivity contribution in [3.8, 4) is 0 Å². The van der Waals surface area contributed by atoms with Gasteiger partial charge in [0.15, 0.2) is 0 Å². The largest absolute Gasteiger partial charge is 0.272 e. The molecule has 0 spiro atoms. The van der Waals surface area contributed by atoms with Gasteiger partial charge in [0.25, 0.3) is 5.91 Å². The molecule has 5 heteroatoms. The van der Waals surface area contributed by atoms with E-state index in [2.05, 4.69) is 31.4 Å². The van der Waals surface area contributed by atoms with E-state index in [9.17, 15) is 4.79 Å². The third kappa shape index (κ3) is 3.04. The average Bonchev–Trinajstić information content (AvgIpc) is 2.55. The second kappa shape index (κ2) is 6.49. The molecule has 0 aliphatic carbocycles. The van der Waals surface area contributed by atoms with Crippen LogP contribution >= 0.6 is 15.9 Å². The van der Waals surface area contributed by atoms with Gasteiger partial charge in [-0.1, -0.05) is 36.4 Å². The van der Waals surface area contributed by atoms with Crippen molar-refractivity contribution in [3.05, 3.63) is 76.4 Å². The van der Waals surface area contributed by atoms with E-state index in [1.165, 1.54) is 0 Å². The third-order valence-corrected chi connectivity index (χ3v) is 3.84. The Labute approximate surface area is 136 Å². The van der Waals surface area contributed by atoms with Crippen LogP contribution in [0.5, 0.6) is 0 Å². The summed E-state index contributed by atoms with van der Waals surface area (Å²) in [5.74, 6) is -0.267. The minimum atomic E-state index is -0.267. The van der Waals surface area contributed by atoms with Crippen molar-refractivity contribution in [2.24, 2.45) is 5.10 Å². The molecule has 0 fully saturated rings. The van der Waals surface area contributed by atoms with Crippen LogP contribution in [-0.2, 0) is 0 Å². The monoisotopic (exact) mass is 353 g/mol. The topological polar surface area (TPSA) is 54.4 Å². The number of nitrogens with one attached hydrogen (secondary N) is 1. The number of benzene rings is 2. The molecule has 3 rings (SSSR count). The second-order valence-corrected chi connectivity index (χ2v) is 5.46. The van der Waals surface area contributed by atoms with Gasteiger partial charge in [0.2, 0.25) is 0 Å². The molecule has 0 aliphatic rings. The highest BCUT2D eigenvalue weighted by molar-refractivity contribution is 9.10. The van der Waals surface area contributed by atoms with Crippen LogP contribution < -0.4 is 5.43 Å². The quantitative estimate of drug-likeness (QED) is 0.575. The maximum absolute atomic E-state index is 12.0. The first-order chi connectivity index (χ1) is 10.8. The summed E-state index contributed by atoms with van der Waals surface area (Å²) < 4.78 is 0.731. The van der Waals surface area contributed by atoms with Crippen LogP contribution in [0.4, 0.5) is 0 Å². The van der Waals surface area contributed by atoms with Crippen LogP contribution in [-0.4, -0.2) is 17.1 Å². The Morgan fingerprint density at radius 2 is 1.91 bits per heavy atom. The van der Waals surface area contributed by atoms with Gasteiger partial charge in [-0.25, -0.2) is 5.43 Å². The van der Waals surface area contributed by atoms with Crippen molar-refractivity contribution in [1.82, 2.24) is 10.4 Å². The number of fused-ring (bicyclic) bond motifs is 1. The SMILES string of the molecule is O=C(N/N=C/c1cccc2cccnc12)c1ccccc1Br. The Hall–Kier alpha value is -2.53. The summed E-state index contributed by atoms with van der Waals surface area (Å²) in [6.45, 7) is 0. The number of rotatable bonds is 3. The van der Waals surface area contributed by atoms with Crippen molar-refractivity contribution < 1.29 is 4.79 Å². The summed E-state index contributed by atoms with van der Waals surface area (Å²) in [7, 11) is 0. The van der Waals surface area contributed by atoms with Crippen LogP contribution in [0.2, 0.25) is 0 Å². The van der Waals surface area contributed by atoms with Crippen molar-refractivity contribution in [1.29, 1.82) is 0 Å². The number of hydrogen-bond donors (Lipinski definition) is 1. The standard InChI is InChI=1S/C17H12BrN3O/c18-15-9-2-1-8-14(15)17(22)21-20-11-13-6-3-5-12-7-4-10-19-16(12)13/h1-11H,(H,21,22)/b20-11+. The predicted octanol–water partition coefficient (Wildman–Crippen LogP) is 3.76. The maximum Gasteiger partial charge on any atom is 0.272 e. The third-order valence-electron chi connectivity index (χ3n) is 3.15. The summed E-state index contributed by atoms with van der Waals surface area (Å²) in [5.41, 5.74) is 4.77. The zero-order chi connectivity index (χ0) is 15.4. The molecule has 4 nitrogen and oxygen atoms in total. The van der Waals surface area contributed by atoms with Crippen molar-refractivity contribution >= 4 is 39.0 Å². The predicted molar refractivity (Wildman–Crippen MR) is 90.9 cm³/mol. The van der Waals surface area contributed by atoms with Crippen molar-refractivity contribution in [3.63, 3.8) is 0 Å². The number of aromatic nitrogens is 1. The van der Waals surface area contributed by atoms with E-state index in [0.717, 1.165) is 20.9 Å². The zero-order valence-corrected chi connectivity index (χ0v) is 13.1. The molecule has 1 amide bonds. The van der Waals surface area contributed by atoms with Gasteiger partial charge in [-0.3, -0.25) is 9.78 Å². The summed E-state index contributed by atoms with van der Waals surface area (Å²) in [6, 6.07) is 16.9. The highest BCUT2D eigenvalue weighted by Crippen LogP contribution is 2.16. The summed E-state index contributed by atoms with van der Waals surface area (Å²) in [4.78, 5) is 16.4. The molecule has 1 aromatic heterocycles. The number of amides is 1. The van der Waals surface area contributed by atoms with Crippen LogP contribution in [0.3, 0.4) is 0 Å². The van der Waals surface area contributed by atoms with Gasteiger partial charge in [-0.05, 0) is 34.1 Å².